The molecule has 0 saturated carbocycles. The molecular formula is C23H27N5O4S. The molecule has 1 aliphatic heterocycles. The van der Waals surface area contributed by atoms with Crippen molar-refractivity contribution in [2.75, 3.05) is 13.6 Å². The van der Waals surface area contributed by atoms with Crippen molar-refractivity contribution in [3.05, 3.63) is 46.8 Å². The summed E-state index contributed by atoms with van der Waals surface area (Å²) in [6.07, 6.45) is 2.09. The van der Waals surface area contributed by atoms with Crippen LogP contribution in [0.4, 0.5) is 0 Å². The Morgan fingerprint density at radius 2 is 2.09 bits per heavy atom. The van der Waals surface area contributed by atoms with Gasteiger partial charge in [0.25, 0.3) is 5.91 Å². The minimum Gasteiger partial charge on any atom is -0.361 e. The van der Waals surface area contributed by atoms with Gasteiger partial charge in [-0.15, -0.1) is 11.3 Å². The third-order valence-electron chi connectivity index (χ3n) is 5.76. The number of hydrogen-bond acceptors (Lipinski definition) is 7. The Morgan fingerprint density at radius 1 is 1.27 bits per heavy atom. The van der Waals surface area contributed by atoms with Crippen LogP contribution in [-0.4, -0.2) is 52.4 Å². The van der Waals surface area contributed by atoms with Gasteiger partial charge >= 0.3 is 0 Å². The lowest BCUT2D eigenvalue weighted by molar-refractivity contribution is -0.135. The van der Waals surface area contributed by atoms with E-state index in [0.29, 0.717) is 42.3 Å². The molecule has 0 radical (unpaired) electrons. The molecule has 3 amide bonds. The van der Waals surface area contributed by atoms with Crippen LogP contribution >= 0.6 is 11.3 Å². The van der Waals surface area contributed by atoms with Crippen molar-refractivity contribution >= 4 is 39.3 Å². The Balaban J connectivity index is 1.36. The molecule has 1 aliphatic rings. The van der Waals surface area contributed by atoms with Gasteiger partial charge < -0.3 is 20.1 Å². The molecule has 2 N–H and O–H groups in total. The zero-order chi connectivity index (χ0) is 23.4. The van der Waals surface area contributed by atoms with E-state index in [9.17, 15) is 14.4 Å². The van der Waals surface area contributed by atoms with Crippen LogP contribution in [-0.2, 0) is 16.1 Å². The first-order valence-electron chi connectivity index (χ1n) is 11.0. The first-order chi connectivity index (χ1) is 15.9. The summed E-state index contributed by atoms with van der Waals surface area (Å²) in [6.45, 7) is 2.44. The van der Waals surface area contributed by atoms with Gasteiger partial charge in [-0.3, -0.25) is 14.4 Å². The molecular weight excluding hydrogens is 442 g/mol. The number of nitrogens with zero attached hydrogens (tertiary/aromatic N) is 3. The minimum absolute atomic E-state index is 0.117. The molecule has 4 rings (SSSR count). The number of fused-ring (bicyclic) bond motifs is 1. The van der Waals surface area contributed by atoms with Crippen molar-refractivity contribution in [1.82, 2.24) is 25.7 Å². The summed E-state index contributed by atoms with van der Waals surface area (Å²) in [5.41, 5.74) is 1.44. The maximum Gasteiger partial charge on any atom is 0.280 e. The predicted octanol–water partition coefficient (Wildman–Crippen LogP) is 2.66. The number of aryl methyl sites for hydroxylation is 1. The lowest BCUT2D eigenvalue weighted by atomic mass is 9.96. The molecule has 1 fully saturated rings. The van der Waals surface area contributed by atoms with E-state index in [1.165, 1.54) is 11.3 Å². The molecule has 3 heterocycles. The lowest BCUT2D eigenvalue weighted by Gasteiger charge is -2.24. The van der Waals surface area contributed by atoms with Crippen LogP contribution in [0.5, 0.6) is 0 Å². The summed E-state index contributed by atoms with van der Waals surface area (Å²) >= 11 is 1.35. The van der Waals surface area contributed by atoms with Gasteiger partial charge in [-0.05, 0) is 31.9 Å². The summed E-state index contributed by atoms with van der Waals surface area (Å²) in [6, 6.07) is 9.18. The fourth-order valence-corrected chi connectivity index (χ4v) is 4.85. The van der Waals surface area contributed by atoms with E-state index in [-0.39, 0.29) is 36.7 Å². The minimum atomic E-state index is -0.424. The Hall–Kier alpha value is -3.27. The number of benzene rings is 1. The highest BCUT2D eigenvalue weighted by Gasteiger charge is 2.28. The van der Waals surface area contributed by atoms with Crippen molar-refractivity contribution in [3.8, 4) is 0 Å². The van der Waals surface area contributed by atoms with Crippen molar-refractivity contribution in [3.63, 3.8) is 0 Å². The van der Waals surface area contributed by atoms with Crippen LogP contribution in [0.2, 0.25) is 0 Å². The summed E-state index contributed by atoms with van der Waals surface area (Å²) in [5.74, 6) is -0.273. The fraction of sp³-hybridized carbons (Fsp3) is 0.435. The molecule has 3 aromatic rings. The molecule has 174 valence electrons. The van der Waals surface area contributed by atoms with Gasteiger partial charge in [0.2, 0.25) is 11.8 Å². The topological polar surface area (TPSA) is 117 Å². The average molecular weight is 470 g/mol. The number of carbonyl (C=O) groups is 3. The number of carbonyl (C=O) groups excluding carboxylic acids is 3. The highest BCUT2D eigenvalue weighted by Crippen LogP contribution is 2.23. The highest BCUT2D eigenvalue weighted by molar-refractivity contribution is 7.20. The summed E-state index contributed by atoms with van der Waals surface area (Å²) in [4.78, 5) is 44.3. The summed E-state index contributed by atoms with van der Waals surface area (Å²) < 4.78 is 5.98. The Labute approximate surface area is 195 Å². The molecule has 0 spiro atoms. The van der Waals surface area contributed by atoms with E-state index in [1.807, 2.05) is 24.3 Å². The lowest BCUT2D eigenvalue weighted by Crippen LogP contribution is -2.44. The molecule has 9 nitrogen and oxygen atoms in total. The SMILES string of the molecule is Cc1cc(CNC(=O)[C@@H]2CCC[C@@H](NC(=O)c3nc4ccccc4s3)CN(C)C(=O)C2)no1. The van der Waals surface area contributed by atoms with Gasteiger partial charge in [0.1, 0.15) is 11.5 Å². The van der Waals surface area contributed by atoms with Crippen LogP contribution in [0.1, 0.15) is 46.9 Å². The molecule has 0 bridgehead atoms. The van der Waals surface area contributed by atoms with Crippen LogP contribution in [0.3, 0.4) is 0 Å². The van der Waals surface area contributed by atoms with E-state index < -0.39 is 5.92 Å². The second-order valence-electron chi connectivity index (χ2n) is 8.41. The average Bonchev–Trinajstić information content (AvgIpc) is 3.42. The molecule has 0 aliphatic carbocycles. The summed E-state index contributed by atoms with van der Waals surface area (Å²) in [5, 5.41) is 10.2. The van der Waals surface area contributed by atoms with Crippen molar-refractivity contribution in [2.45, 2.75) is 45.2 Å². The molecule has 1 saturated heterocycles. The molecule has 33 heavy (non-hydrogen) atoms. The van der Waals surface area contributed by atoms with Crippen molar-refractivity contribution in [1.29, 1.82) is 0 Å². The van der Waals surface area contributed by atoms with Crippen molar-refractivity contribution < 1.29 is 18.9 Å². The Morgan fingerprint density at radius 3 is 2.85 bits per heavy atom. The van der Waals surface area contributed by atoms with Gasteiger partial charge in [-0.1, -0.05) is 23.7 Å². The van der Waals surface area contributed by atoms with E-state index in [2.05, 4.69) is 20.8 Å². The quantitative estimate of drug-likeness (QED) is 0.593. The number of rotatable bonds is 5. The largest absolute Gasteiger partial charge is 0.361 e. The number of hydrogen-bond donors (Lipinski definition) is 2. The van der Waals surface area contributed by atoms with E-state index >= 15 is 0 Å². The number of nitrogens with one attached hydrogen (secondary N) is 2. The number of likely N-dealkylation sites (N-methyl/N-ethyl adjacent to an activating group) is 1. The maximum absolute atomic E-state index is 12.8. The molecule has 10 heteroatoms. The third-order valence-corrected chi connectivity index (χ3v) is 6.80. The normalized spacial score (nSPS) is 19.6. The number of aromatic nitrogens is 2. The zero-order valence-corrected chi connectivity index (χ0v) is 19.5. The van der Waals surface area contributed by atoms with Crippen molar-refractivity contribution in [2.24, 2.45) is 5.92 Å². The second kappa shape index (κ2) is 10.1. The van der Waals surface area contributed by atoms with Crippen LogP contribution in [0.25, 0.3) is 10.2 Å². The van der Waals surface area contributed by atoms with Crippen LogP contribution in [0.15, 0.2) is 34.9 Å². The number of para-hydroxylation sites is 1. The highest BCUT2D eigenvalue weighted by atomic mass is 32.1. The monoisotopic (exact) mass is 469 g/mol. The molecule has 0 unspecified atom stereocenters. The fourth-order valence-electron chi connectivity index (χ4n) is 3.98. The first-order valence-corrected chi connectivity index (χ1v) is 11.8. The predicted molar refractivity (Wildman–Crippen MR) is 124 cm³/mol. The van der Waals surface area contributed by atoms with Gasteiger partial charge in [0.15, 0.2) is 5.01 Å². The second-order valence-corrected chi connectivity index (χ2v) is 9.44. The van der Waals surface area contributed by atoms with E-state index in [0.717, 1.165) is 10.2 Å². The molecule has 1 aromatic carbocycles. The van der Waals surface area contributed by atoms with Gasteiger partial charge in [0, 0.05) is 38.0 Å². The van der Waals surface area contributed by atoms with Gasteiger partial charge in [0.05, 0.1) is 16.8 Å². The van der Waals surface area contributed by atoms with E-state index in [4.69, 9.17) is 4.52 Å². The van der Waals surface area contributed by atoms with E-state index in [1.54, 1.807) is 24.9 Å². The molecule has 2 aromatic heterocycles. The number of thiazole rings is 1. The Kier molecular flexibility index (Phi) is 7.02. The number of amides is 3. The standard InChI is InChI=1S/C23H27N5O4S/c1-14-10-17(27-32-14)12-24-21(30)15-6-5-7-16(13-28(2)20(29)11-15)25-22(31)23-26-18-8-3-4-9-19(18)33-23/h3-4,8-10,15-16H,5-7,11-13H2,1-2H3,(H,24,30)(H,25,31)/t15-,16-/m1/s1. The smallest absolute Gasteiger partial charge is 0.280 e. The van der Waals surface area contributed by atoms with Crippen LogP contribution < -0.4 is 10.6 Å². The van der Waals surface area contributed by atoms with Gasteiger partial charge in [-0.25, -0.2) is 4.98 Å². The Bertz CT molecular complexity index is 1120. The maximum atomic E-state index is 12.8. The molecule has 2 atom stereocenters. The van der Waals surface area contributed by atoms with Crippen LogP contribution in [0, 0.1) is 12.8 Å². The first kappa shape index (κ1) is 22.9. The zero-order valence-electron chi connectivity index (χ0n) is 18.7. The summed E-state index contributed by atoms with van der Waals surface area (Å²) in [7, 11) is 1.71. The third kappa shape index (κ3) is 5.75. The van der Waals surface area contributed by atoms with Gasteiger partial charge in [-0.2, -0.15) is 0 Å².